The van der Waals surface area contributed by atoms with Gasteiger partial charge in [-0.1, -0.05) is 0 Å². The van der Waals surface area contributed by atoms with Crippen molar-refractivity contribution in [2.45, 2.75) is 0 Å². The van der Waals surface area contributed by atoms with E-state index in [1.54, 1.807) is 18.3 Å². The van der Waals surface area contributed by atoms with Crippen LogP contribution in [0.15, 0.2) is 24.5 Å². The van der Waals surface area contributed by atoms with Crippen LogP contribution in [0.3, 0.4) is 0 Å². The van der Waals surface area contributed by atoms with Crippen molar-refractivity contribution in [2.24, 2.45) is 0 Å². The number of hydrogen-bond acceptors (Lipinski definition) is 2. The van der Waals surface area contributed by atoms with E-state index >= 15 is 0 Å². The Bertz CT molecular complexity index is 202. The van der Waals surface area contributed by atoms with E-state index in [-0.39, 0.29) is 6.17 Å². The molecule has 0 bridgehead atoms. The Morgan fingerprint density at radius 2 is 2.75 bits per heavy atom. The number of hydrogen-bond donors (Lipinski definition) is 0. The van der Waals surface area contributed by atoms with Crippen molar-refractivity contribution >= 4 is 0 Å². The van der Waals surface area contributed by atoms with Crippen molar-refractivity contribution in [3.8, 4) is 5.75 Å². The van der Waals surface area contributed by atoms with Crippen molar-refractivity contribution in [1.29, 1.82) is 0 Å². The van der Waals surface area contributed by atoms with Gasteiger partial charge in [0.15, 0.2) is 0 Å². The maximum absolute atomic E-state index is 7.13. The standard InChI is InChI=1S/C6H7NO/c1-8-6-3-2-4-7-5-6/h2-5H,1H3/i5D. The van der Waals surface area contributed by atoms with E-state index in [0.29, 0.717) is 5.75 Å². The summed E-state index contributed by atoms with van der Waals surface area (Å²) >= 11 is 0. The number of pyridine rings is 1. The molecule has 0 atom stereocenters. The van der Waals surface area contributed by atoms with Crippen molar-refractivity contribution in [3.05, 3.63) is 24.5 Å². The van der Waals surface area contributed by atoms with E-state index in [0.717, 1.165) is 0 Å². The summed E-state index contributed by atoms with van der Waals surface area (Å²) in [7, 11) is 1.52. The molecule has 0 N–H and O–H groups in total. The third kappa shape index (κ3) is 0.964. The highest BCUT2D eigenvalue weighted by molar-refractivity contribution is 5.14. The minimum absolute atomic E-state index is 0.181. The second kappa shape index (κ2) is 2.31. The smallest absolute Gasteiger partial charge is 0.137 e. The van der Waals surface area contributed by atoms with E-state index in [2.05, 4.69) is 4.98 Å². The second-order valence-corrected chi connectivity index (χ2v) is 1.32. The molecular weight excluding hydrogens is 102 g/mol. The molecular formula is C6H7NO. The molecule has 0 aliphatic carbocycles. The van der Waals surface area contributed by atoms with Crippen molar-refractivity contribution in [3.63, 3.8) is 0 Å². The molecule has 0 amide bonds. The van der Waals surface area contributed by atoms with E-state index < -0.39 is 0 Å². The van der Waals surface area contributed by atoms with E-state index in [1.165, 1.54) is 7.11 Å². The summed E-state index contributed by atoms with van der Waals surface area (Å²) < 4.78 is 11.9. The van der Waals surface area contributed by atoms with Crippen LogP contribution in [0.5, 0.6) is 5.75 Å². The van der Waals surface area contributed by atoms with Gasteiger partial charge in [-0.3, -0.25) is 4.98 Å². The van der Waals surface area contributed by atoms with E-state index in [9.17, 15) is 0 Å². The van der Waals surface area contributed by atoms with Gasteiger partial charge in [-0.25, -0.2) is 0 Å². The minimum Gasteiger partial charge on any atom is -0.495 e. The first-order valence-electron chi connectivity index (χ1n) is 2.80. The minimum atomic E-state index is 0.181. The van der Waals surface area contributed by atoms with E-state index in [1.807, 2.05) is 0 Å². The lowest BCUT2D eigenvalue weighted by Crippen LogP contribution is -1.80. The average molecular weight is 110 g/mol. The lowest BCUT2D eigenvalue weighted by molar-refractivity contribution is 0.413. The highest BCUT2D eigenvalue weighted by Crippen LogP contribution is 2.02. The molecule has 1 rings (SSSR count). The molecule has 0 unspecified atom stereocenters. The molecule has 1 aromatic rings. The van der Waals surface area contributed by atoms with Crippen LogP contribution < -0.4 is 4.74 Å². The van der Waals surface area contributed by atoms with Crippen LogP contribution in [0.2, 0.25) is 0 Å². The largest absolute Gasteiger partial charge is 0.495 e. The Labute approximate surface area is 49.5 Å². The Hall–Kier alpha value is -1.05. The van der Waals surface area contributed by atoms with Gasteiger partial charge in [-0.05, 0) is 12.1 Å². The topological polar surface area (TPSA) is 22.1 Å². The zero-order valence-electron chi connectivity index (χ0n) is 5.59. The average Bonchev–Trinajstić information content (AvgIpc) is 1.89. The summed E-state index contributed by atoms with van der Waals surface area (Å²) in [5.74, 6) is 0.512. The monoisotopic (exact) mass is 110 g/mol. The number of ether oxygens (including phenoxy) is 1. The Balaban J connectivity index is 3.01. The summed E-state index contributed by atoms with van der Waals surface area (Å²) in [5, 5.41) is 0. The molecule has 0 aliphatic heterocycles. The SMILES string of the molecule is [2H]c1ncccc1OC. The summed E-state index contributed by atoms with van der Waals surface area (Å²) in [5.41, 5.74) is 0. The lowest BCUT2D eigenvalue weighted by atomic mass is 10.5. The fourth-order valence-corrected chi connectivity index (χ4v) is 0.425. The van der Waals surface area contributed by atoms with Gasteiger partial charge in [0.2, 0.25) is 0 Å². The van der Waals surface area contributed by atoms with Crippen molar-refractivity contribution in [2.75, 3.05) is 7.11 Å². The Morgan fingerprint density at radius 1 is 1.88 bits per heavy atom. The highest BCUT2D eigenvalue weighted by Gasteiger charge is 1.81. The van der Waals surface area contributed by atoms with Gasteiger partial charge in [0.1, 0.15) is 5.75 Å². The quantitative estimate of drug-likeness (QED) is 0.540. The van der Waals surface area contributed by atoms with Crippen LogP contribution in [-0.2, 0) is 0 Å². The maximum atomic E-state index is 7.13. The highest BCUT2D eigenvalue weighted by atomic mass is 16.5. The van der Waals surface area contributed by atoms with Gasteiger partial charge in [-0.15, -0.1) is 0 Å². The first-order chi connectivity index (χ1) is 4.34. The van der Waals surface area contributed by atoms with E-state index in [4.69, 9.17) is 6.11 Å². The number of nitrogens with zero attached hydrogens (tertiary/aromatic N) is 1. The summed E-state index contributed by atoms with van der Waals surface area (Å²) in [6, 6.07) is 3.44. The summed E-state index contributed by atoms with van der Waals surface area (Å²) in [6.45, 7) is 0. The third-order valence-electron chi connectivity index (χ3n) is 0.803. The summed E-state index contributed by atoms with van der Waals surface area (Å²) in [4.78, 5) is 3.69. The molecule has 2 nitrogen and oxygen atoms in total. The van der Waals surface area contributed by atoms with Gasteiger partial charge in [0.25, 0.3) is 0 Å². The van der Waals surface area contributed by atoms with Crippen LogP contribution in [0, 0.1) is 0 Å². The zero-order chi connectivity index (χ0) is 6.69. The molecule has 1 heterocycles. The third-order valence-corrected chi connectivity index (χ3v) is 0.803. The molecule has 0 saturated heterocycles. The van der Waals surface area contributed by atoms with Crippen molar-refractivity contribution in [1.82, 2.24) is 4.98 Å². The normalized spacial score (nSPS) is 10.4. The molecule has 0 spiro atoms. The molecule has 0 aromatic carbocycles. The molecule has 0 radical (unpaired) electrons. The first kappa shape index (κ1) is 3.89. The molecule has 0 saturated carbocycles. The van der Waals surface area contributed by atoms with Gasteiger partial charge in [0.05, 0.1) is 14.7 Å². The lowest BCUT2D eigenvalue weighted by Gasteiger charge is -1.93. The van der Waals surface area contributed by atoms with Crippen LogP contribution in [0.4, 0.5) is 0 Å². The molecule has 1 aromatic heterocycles. The predicted molar refractivity (Wildman–Crippen MR) is 30.8 cm³/mol. The molecule has 2 heteroatoms. The fraction of sp³-hybridized carbons (Fsp3) is 0.167. The second-order valence-electron chi connectivity index (χ2n) is 1.32. The van der Waals surface area contributed by atoms with Crippen LogP contribution in [-0.4, -0.2) is 12.1 Å². The number of aromatic nitrogens is 1. The van der Waals surface area contributed by atoms with Crippen LogP contribution >= 0.6 is 0 Å². The predicted octanol–water partition coefficient (Wildman–Crippen LogP) is 1.09. The van der Waals surface area contributed by atoms with Crippen LogP contribution in [0.1, 0.15) is 1.37 Å². The number of rotatable bonds is 1. The van der Waals surface area contributed by atoms with Crippen molar-refractivity contribution < 1.29 is 6.11 Å². The summed E-state index contributed by atoms with van der Waals surface area (Å²) in [6.07, 6.45) is 1.74. The first-order valence-corrected chi connectivity index (χ1v) is 2.30. The molecule has 42 valence electrons. The Morgan fingerprint density at radius 3 is 3.25 bits per heavy atom. The zero-order valence-corrected chi connectivity index (χ0v) is 4.59. The molecule has 8 heavy (non-hydrogen) atoms. The maximum Gasteiger partial charge on any atom is 0.137 e. The van der Waals surface area contributed by atoms with Gasteiger partial charge < -0.3 is 4.74 Å². The van der Waals surface area contributed by atoms with Crippen LogP contribution in [0.25, 0.3) is 0 Å². The van der Waals surface area contributed by atoms with Gasteiger partial charge >= 0.3 is 0 Å². The van der Waals surface area contributed by atoms with Gasteiger partial charge in [0, 0.05) is 6.20 Å². The Kier molecular flexibility index (Phi) is 1.12. The van der Waals surface area contributed by atoms with Gasteiger partial charge in [-0.2, -0.15) is 0 Å². The number of methoxy groups -OCH3 is 1. The fourth-order valence-electron chi connectivity index (χ4n) is 0.425. The molecule has 0 aliphatic rings. The molecule has 0 fully saturated rings.